The number of ether oxygens (including phenoxy) is 2. The molecule has 0 aromatic rings. The van der Waals surface area contributed by atoms with E-state index in [9.17, 15) is 14.7 Å². The third-order valence-corrected chi connectivity index (χ3v) is 7.62. The molecule has 1 fully saturated rings. The van der Waals surface area contributed by atoms with Crippen LogP contribution in [-0.4, -0.2) is 36.4 Å². The number of rotatable bonds is 9. The lowest BCUT2D eigenvalue weighted by Crippen LogP contribution is -2.45. The quantitative estimate of drug-likeness (QED) is 0.408. The molecule has 1 saturated carbocycles. The van der Waals surface area contributed by atoms with Crippen LogP contribution in [0.1, 0.15) is 92.9 Å². The molecule has 0 amide bonds. The van der Waals surface area contributed by atoms with Crippen molar-refractivity contribution in [3.63, 3.8) is 0 Å². The highest BCUT2D eigenvalue weighted by Crippen LogP contribution is 2.60. The molecular formula is C25H42O5. The molecule has 0 aromatic heterocycles. The average molecular weight is 423 g/mol. The molecule has 2 aliphatic carbocycles. The van der Waals surface area contributed by atoms with E-state index in [0.717, 1.165) is 18.8 Å². The monoisotopic (exact) mass is 422 g/mol. The van der Waals surface area contributed by atoms with Crippen LogP contribution in [0.5, 0.6) is 0 Å². The van der Waals surface area contributed by atoms with Gasteiger partial charge in [-0.1, -0.05) is 45.3 Å². The molecule has 4 atom stereocenters. The summed E-state index contributed by atoms with van der Waals surface area (Å²) in [7, 11) is 0. The number of aliphatic hydroxyl groups is 1. The molecule has 5 heteroatoms. The van der Waals surface area contributed by atoms with Crippen LogP contribution in [0.25, 0.3) is 0 Å². The summed E-state index contributed by atoms with van der Waals surface area (Å²) >= 11 is 0. The lowest BCUT2D eigenvalue weighted by atomic mass is 9.50. The standard InChI is InChI=1S/C25H42O5/c1-17(14-23(28)30-20(15-26)16-29-19(3)27)8-10-21-18(2)9-11-22-24(4,5)12-7-13-25(21,22)6/h17,20,22,26H,7-16H2,1-6H3. The van der Waals surface area contributed by atoms with Crippen molar-refractivity contribution < 1.29 is 24.2 Å². The maximum absolute atomic E-state index is 12.3. The SMILES string of the molecule is CC(=O)OCC(CO)OC(=O)CC(C)CCC1=C(C)CCC2C(C)(C)CCCC12C. The Balaban J connectivity index is 1.92. The first-order chi connectivity index (χ1) is 14.0. The van der Waals surface area contributed by atoms with E-state index >= 15 is 0 Å². The van der Waals surface area contributed by atoms with Crippen LogP contribution in [-0.2, 0) is 19.1 Å². The predicted octanol–water partition coefficient (Wildman–Crippen LogP) is 5.20. The van der Waals surface area contributed by atoms with E-state index in [-0.39, 0.29) is 30.5 Å². The predicted molar refractivity (Wildman–Crippen MR) is 118 cm³/mol. The molecule has 0 spiro atoms. The highest BCUT2D eigenvalue weighted by Gasteiger charge is 2.49. The number of carbonyl (C=O) groups excluding carboxylic acids is 2. The van der Waals surface area contributed by atoms with E-state index < -0.39 is 12.1 Å². The van der Waals surface area contributed by atoms with Crippen molar-refractivity contribution in [2.24, 2.45) is 22.7 Å². The molecule has 4 unspecified atom stereocenters. The van der Waals surface area contributed by atoms with Gasteiger partial charge in [0.25, 0.3) is 0 Å². The molecule has 0 heterocycles. The second-order valence-electron chi connectivity index (χ2n) is 10.6. The van der Waals surface area contributed by atoms with Crippen molar-refractivity contribution in [3.05, 3.63) is 11.1 Å². The summed E-state index contributed by atoms with van der Waals surface area (Å²) in [5.74, 6) is 0.147. The number of aliphatic hydroxyl groups excluding tert-OH is 1. The Bertz CT molecular complexity index is 650. The first-order valence-electron chi connectivity index (χ1n) is 11.6. The molecule has 0 saturated heterocycles. The number of hydrogen-bond acceptors (Lipinski definition) is 5. The zero-order valence-corrected chi connectivity index (χ0v) is 19.9. The van der Waals surface area contributed by atoms with Gasteiger partial charge < -0.3 is 14.6 Å². The fourth-order valence-corrected chi connectivity index (χ4v) is 6.04. The fraction of sp³-hybridized carbons (Fsp3) is 0.840. The van der Waals surface area contributed by atoms with Crippen LogP contribution in [0.4, 0.5) is 0 Å². The van der Waals surface area contributed by atoms with Crippen LogP contribution < -0.4 is 0 Å². The van der Waals surface area contributed by atoms with Gasteiger partial charge in [0.1, 0.15) is 6.61 Å². The zero-order valence-electron chi connectivity index (χ0n) is 19.9. The van der Waals surface area contributed by atoms with E-state index in [0.29, 0.717) is 11.8 Å². The molecule has 5 nitrogen and oxygen atoms in total. The molecule has 0 radical (unpaired) electrons. The van der Waals surface area contributed by atoms with Crippen molar-refractivity contribution in [3.8, 4) is 0 Å². The lowest BCUT2D eigenvalue weighted by molar-refractivity contribution is -0.161. The molecule has 2 rings (SSSR count). The van der Waals surface area contributed by atoms with Crippen molar-refractivity contribution >= 4 is 11.9 Å². The minimum atomic E-state index is -0.791. The van der Waals surface area contributed by atoms with E-state index in [4.69, 9.17) is 9.47 Å². The van der Waals surface area contributed by atoms with Crippen LogP contribution >= 0.6 is 0 Å². The first kappa shape index (κ1) is 24.9. The van der Waals surface area contributed by atoms with E-state index in [1.165, 1.54) is 39.0 Å². The molecular weight excluding hydrogens is 380 g/mol. The Labute approximate surface area is 182 Å². The normalized spacial score (nSPS) is 27.8. The van der Waals surface area contributed by atoms with Crippen LogP contribution in [0.3, 0.4) is 0 Å². The number of allylic oxidation sites excluding steroid dienone is 2. The van der Waals surface area contributed by atoms with E-state index in [2.05, 4.69) is 34.6 Å². The molecule has 2 aliphatic rings. The minimum absolute atomic E-state index is 0.104. The van der Waals surface area contributed by atoms with Crippen LogP contribution in [0.15, 0.2) is 11.1 Å². The summed E-state index contributed by atoms with van der Waals surface area (Å²) in [5.41, 5.74) is 3.88. The second kappa shape index (κ2) is 10.3. The molecule has 0 bridgehead atoms. The summed E-state index contributed by atoms with van der Waals surface area (Å²) in [6.07, 6.45) is 7.91. The van der Waals surface area contributed by atoms with E-state index in [1.807, 2.05) is 0 Å². The van der Waals surface area contributed by atoms with E-state index in [1.54, 1.807) is 11.1 Å². The Morgan fingerprint density at radius 2 is 1.93 bits per heavy atom. The molecule has 1 N–H and O–H groups in total. The third kappa shape index (κ3) is 6.09. The summed E-state index contributed by atoms with van der Waals surface area (Å²) in [6, 6.07) is 0. The molecule has 172 valence electrons. The van der Waals surface area contributed by atoms with Crippen molar-refractivity contribution in [1.82, 2.24) is 0 Å². The average Bonchev–Trinajstić information content (AvgIpc) is 2.63. The van der Waals surface area contributed by atoms with Gasteiger partial charge in [0.2, 0.25) is 0 Å². The van der Waals surface area contributed by atoms with Gasteiger partial charge in [0.15, 0.2) is 6.10 Å². The number of carbonyl (C=O) groups is 2. The minimum Gasteiger partial charge on any atom is -0.462 e. The molecule has 0 aromatic carbocycles. The fourth-order valence-electron chi connectivity index (χ4n) is 6.04. The van der Waals surface area contributed by atoms with Gasteiger partial charge in [-0.3, -0.25) is 9.59 Å². The second-order valence-corrected chi connectivity index (χ2v) is 10.6. The summed E-state index contributed by atoms with van der Waals surface area (Å²) in [4.78, 5) is 23.2. The van der Waals surface area contributed by atoms with Crippen LogP contribution in [0, 0.1) is 22.7 Å². The number of esters is 2. The van der Waals surface area contributed by atoms with Gasteiger partial charge in [-0.05, 0) is 68.1 Å². The Kier molecular flexibility index (Phi) is 8.55. The smallest absolute Gasteiger partial charge is 0.306 e. The number of fused-ring (bicyclic) bond motifs is 1. The Hall–Kier alpha value is -1.36. The van der Waals surface area contributed by atoms with Gasteiger partial charge in [-0.2, -0.15) is 0 Å². The number of hydrogen-bond donors (Lipinski definition) is 1. The Morgan fingerprint density at radius 1 is 1.23 bits per heavy atom. The van der Waals surface area contributed by atoms with Gasteiger partial charge in [-0.15, -0.1) is 0 Å². The third-order valence-electron chi connectivity index (χ3n) is 7.62. The summed E-state index contributed by atoms with van der Waals surface area (Å²) in [5, 5.41) is 9.33. The molecule has 30 heavy (non-hydrogen) atoms. The van der Waals surface area contributed by atoms with Gasteiger partial charge in [0.05, 0.1) is 6.61 Å². The van der Waals surface area contributed by atoms with Gasteiger partial charge in [0, 0.05) is 13.3 Å². The zero-order chi connectivity index (χ0) is 22.5. The van der Waals surface area contributed by atoms with Gasteiger partial charge in [-0.25, -0.2) is 0 Å². The first-order valence-corrected chi connectivity index (χ1v) is 11.6. The summed E-state index contributed by atoms with van der Waals surface area (Å²) in [6.45, 7) is 12.6. The topological polar surface area (TPSA) is 72.8 Å². The maximum atomic E-state index is 12.3. The van der Waals surface area contributed by atoms with Crippen LogP contribution in [0.2, 0.25) is 0 Å². The largest absolute Gasteiger partial charge is 0.462 e. The molecule has 0 aliphatic heterocycles. The van der Waals surface area contributed by atoms with Crippen molar-refractivity contribution in [2.45, 2.75) is 99.0 Å². The Morgan fingerprint density at radius 3 is 2.57 bits per heavy atom. The highest BCUT2D eigenvalue weighted by molar-refractivity contribution is 5.70. The summed E-state index contributed by atoms with van der Waals surface area (Å²) < 4.78 is 10.1. The van der Waals surface area contributed by atoms with Crippen molar-refractivity contribution in [1.29, 1.82) is 0 Å². The maximum Gasteiger partial charge on any atom is 0.306 e. The van der Waals surface area contributed by atoms with Gasteiger partial charge >= 0.3 is 11.9 Å². The lowest BCUT2D eigenvalue weighted by Gasteiger charge is -2.55. The highest BCUT2D eigenvalue weighted by atomic mass is 16.6. The van der Waals surface area contributed by atoms with Crippen molar-refractivity contribution in [2.75, 3.05) is 13.2 Å².